The quantitative estimate of drug-likeness (QED) is 0.513. The van der Waals surface area contributed by atoms with Crippen molar-refractivity contribution in [1.29, 1.82) is 0 Å². The van der Waals surface area contributed by atoms with Crippen LogP contribution in [0.25, 0.3) is 11.3 Å². The summed E-state index contributed by atoms with van der Waals surface area (Å²) in [7, 11) is 1.52. The Balaban J connectivity index is 1.69. The summed E-state index contributed by atoms with van der Waals surface area (Å²) in [5, 5.41) is 3.76. The molecule has 1 amide bonds. The van der Waals surface area contributed by atoms with Crippen LogP contribution in [0.2, 0.25) is 0 Å². The monoisotopic (exact) mass is 475 g/mol. The Morgan fingerprint density at radius 3 is 2.59 bits per heavy atom. The van der Waals surface area contributed by atoms with E-state index in [2.05, 4.69) is 10.1 Å². The number of methoxy groups -OCH3 is 1. The molecule has 11 heteroatoms. The number of hydrogen-bond acceptors (Lipinski definition) is 6. The van der Waals surface area contributed by atoms with Crippen LogP contribution in [0, 0.1) is 6.92 Å². The Kier molecular flexibility index (Phi) is 5.96. The number of carbonyl (C=O) groups is 1. The molecule has 3 aromatic rings. The zero-order valence-corrected chi connectivity index (χ0v) is 19.3. The van der Waals surface area contributed by atoms with Crippen molar-refractivity contribution in [3.05, 3.63) is 47.5 Å². The predicted molar refractivity (Wildman–Crippen MR) is 118 cm³/mol. The van der Waals surface area contributed by atoms with Crippen molar-refractivity contribution in [3.8, 4) is 22.9 Å². The highest BCUT2D eigenvalue weighted by Gasteiger charge is 2.39. The third-order valence-electron chi connectivity index (χ3n) is 5.38. The van der Waals surface area contributed by atoms with Gasteiger partial charge >= 0.3 is 6.18 Å². The summed E-state index contributed by atoms with van der Waals surface area (Å²) in [6.45, 7) is 6.11. The molecule has 0 radical (unpaired) electrons. The number of anilines is 1. The first-order valence-electron chi connectivity index (χ1n) is 10.6. The van der Waals surface area contributed by atoms with Gasteiger partial charge in [0.1, 0.15) is 6.54 Å². The molecule has 1 atom stereocenters. The Hall–Kier alpha value is -3.63. The lowest BCUT2D eigenvalue weighted by Gasteiger charge is -2.19. The molecule has 0 aliphatic carbocycles. The molecule has 0 aromatic carbocycles. The molecule has 4 rings (SSSR count). The summed E-state index contributed by atoms with van der Waals surface area (Å²) in [6.07, 6.45) is -0.401. The Bertz CT molecular complexity index is 1240. The number of ether oxygens (including phenoxy) is 2. The summed E-state index contributed by atoms with van der Waals surface area (Å²) in [6, 6.07) is 3.04. The van der Waals surface area contributed by atoms with Crippen molar-refractivity contribution in [2.24, 2.45) is 0 Å². The molecule has 1 unspecified atom stereocenters. The van der Waals surface area contributed by atoms with E-state index in [1.165, 1.54) is 24.4 Å². The van der Waals surface area contributed by atoms with Crippen molar-refractivity contribution >= 4 is 11.6 Å². The lowest BCUT2D eigenvalue weighted by molar-refractivity contribution is -0.142. The molecule has 1 aliphatic rings. The van der Waals surface area contributed by atoms with E-state index in [1.807, 2.05) is 13.8 Å². The second-order valence-corrected chi connectivity index (χ2v) is 8.35. The molecule has 0 saturated carbocycles. The highest BCUT2D eigenvalue weighted by Crippen LogP contribution is 2.39. The number of pyridine rings is 2. The van der Waals surface area contributed by atoms with Gasteiger partial charge in [0, 0.05) is 18.0 Å². The molecule has 34 heavy (non-hydrogen) atoms. The normalized spacial score (nSPS) is 15.7. The first-order chi connectivity index (χ1) is 16.0. The Labute approximate surface area is 194 Å². The third kappa shape index (κ3) is 4.42. The number of halogens is 3. The topological polar surface area (TPSA) is 82.4 Å². The average Bonchev–Trinajstić information content (AvgIpc) is 3.28. The minimum Gasteiger partial charge on any atom is -0.491 e. The van der Waals surface area contributed by atoms with E-state index in [-0.39, 0.29) is 17.7 Å². The number of rotatable bonds is 6. The minimum absolute atomic E-state index is 0.0778. The van der Waals surface area contributed by atoms with Gasteiger partial charge in [0.15, 0.2) is 5.75 Å². The Morgan fingerprint density at radius 1 is 1.21 bits per heavy atom. The number of fused-ring (bicyclic) bond motifs is 1. The summed E-state index contributed by atoms with van der Waals surface area (Å²) in [5.74, 6) is 0.487. The van der Waals surface area contributed by atoms with Crippen LogP contribution in [-0.2, 0) is 6.54 Å². The number of nitrogens with zero attached hydrogens (tertiary/aromatic N) is 5. The number of hydrogen-bond donors (Lipinski definition) is 0. The van der Waals surface area contributed by atoms with Gasteiger partial charge in [0.2, 0.25) is 0 Å². The molecule has 3 aromatic heterocycles. The van der Waals surface area contributed by atoms with Crippen LogP contribution >= 0.6 is 0 Å². The van der Waals surface area contributed by atoms with Gasteiger partial charge in [-0.2, -0.15) is 18.3 Å². The Morgan fingerprint density at radius 2 is 1.94 bits per heavy atom. The molecule has 1 aliphatic heterocycles. The van der Waals surface area contributed by atoms with Gasteiger partial charge in [-0.3, -0.25) is 14.4 Å². The molecule has 4 heterocycles. The van der Waals surface area contributed by atoms with Gasteiger partial charge in [-0.1, -0.05) is 0 Å². The first-order valence-corrected chi connectivity index (χ1v) is 10.6. The molecule has 0 bridgehead atoms. The standard InChI is InChI=1S/C23H24F3N5O3/c1-12(2)34-21-18(33-5)7-15(8-27-21)17-6-13(3)19-20(29-17)14(4)31(22(19)32)16-9-28-30(10-16)11-23(24,25)26/h6-10,12,14H,11H2,1-5H3. The van der Waals surface area contributed by atoms with Gasteiger partial charge in [-0.15, -0.1) is 0 Å². The number of amides is 1. The smallest absolute Gasteiger partial charge is 0.408 e. The van der Waals surface area contributed by atoms with Crippen LogP contribution in [0.5, 0.6) is 11.6 Å². The van der Waals surface area contributed by atoms with Crippen molar-refractivity contribution in [2.75, 3.05) is 12.0 Å². The fourth-order valence-corrected chi connectivity index (χ4v) is 3.96. The van der Waals surface area contributed by atoms with Crippen LogP contribution in [0.1, 0.15) is 48.4 Å². The van der Waals surface area contributed by atoms with Gasteiger partial charge in [0.05, 0.1) is 48.1 Å². The number of alkyl halides is 3. The average molecular weight is 475 g/mol. The molecule has 180 valence electrons. The van der Waals surface area contributed by atoms with Crippen molar-refractivity contribution in [1.82, 2.24) is 19.7 Å². The van der Waals surface area contributed by atoms with Gasteiger partial charge in [-0.25, -0.2) is 9.97 Å². The fourth-order valence-electron chi connectivity index (χ4n) is 3.96. The van der Waals surface area contributed by atoms with Crippen molar-refractivity contribution < 1.29 is 27.4 Å². The second kappa shape index (κ2) is 8.62. The molecule has 0 N–H and O–H groups in total. The van der Waals surface area contributed by atoms with Gasteiger partial charge < -0.3 is 9.47 Å². The van der Waals surface area contributed by atoms with E-state index in [4.69, 9.17) is 14.5 Å². The van der Waals surface area contributed by atoms with E-state index in [9.17, 15) is 18.0 Å². The fraction of sp³-hybridized carbons (Fsp3) is 0.391. The molecule has 0 spiro atoms. The van der Waals surface area contributed by atoms with E-state index < -0.39 is 18.8 Å². The predicted octanol–water partition coefficient (Wildman–Crippen LogP) is 4.73. The lowest BCUT2D eigenvalue weighted by Crippen LogP contribution is -2.26. The molecule has 8 nitrogen and oxygen atoms in total. The molecular weight excluding hydrogens is 451 g/mol. The van der Waals surface area contributed by atoms with E-state index in [0.717, 1.165) is 4.68 Å². The highest BCUT2D eigenvalue weighted by atomic mass is 19.4. The number of carbonyl (C=O) groups excluding carboxylic acids is 1. The van der Waals surface area contributed by atoms with E-state index in [1.54, 1.807) is 32.2 Å². The van der Waals surface area contributed by atoms with Crippen LogP contribution in [-0.4, -0.2) is 45.0 Å². The van der Waals surface area contributed by atoms with Crippen LogP contribution in [0.15, 0.2) is 30.7 Å². The van der Waals surface area contributed by atoms with E-state index in [0.29, 0.717) is 39.7 Å². The number of aromatic nitrogens is 4. The van der Waals surface area contributed by atoms with Crippen LogP contribution in [0.4, 0.5) is 18.9 Å². The van der Waals surface area contributed by atoms with Crippen molar-refractivity contribution in [3.63, 3.8) is 0 Å². The zero-order chi connectivity index (χ0) is 24.8. The molecule has 0 fully saturated rings. The SMILES string of the molecule is COc1cc(-c2cc(C)c3c(n2)C(C)N(c2cnn(CC(F)(F)F)c2)C3=O)cnc1OC(C)C. The third-order valence-corrected chi connectivity index (χ3v) is 5.38. The van der Waals surface area contributed by atoms with Gasteiger partial charge in [-0.05, 0) is 45.4 Å². The second-order valence-electron chi connectivity index (χ2n) is 8.35. The van der Waals surface area contributed by atoms with Crippen LogP contribution in [0.3, 0.4) is 0 Å². The van der Waals surface area contributed by atoms with E-state index >= 15 is 0 Å². The first kappa shape index (κ1) is 23.5. The maximum absolute atomic E-state index is 13.2. The molecule has 0 saturated heterocycles. The highest BCUT2D eigenvalue weighted by molar-refractivity contribution is 6.11. The largest absolute Gasteiger partial charge is 0.491 e. The lowest BCUT2D eigenvalue weighted by atomic mass is 10.0. The zero-order valence-electron chi connectivity index (χ0n) is 19.3. The summed E-state index contributed by atoms with van der Waals surface area (Å²) < 4.78 is 50.0. The minimum atomic E-state index is -4.41. The van der Waals surface area contributed by atoms with Gasteiger partial charge in [0.25, 0.3) is 11.8 Å². The summed E-state index contributed by atoms with van der Waals surface area (Å²) in [4.78, 5) is 23.7. The van der Waals surface area contributed by atoms with Crippen molar-refractivity contribution in [2.45, 2.75) is 52.6 Å². The molecular formula is C23H24F3N5O3. The van der Waals surface area contributed by atoms with Crippen LogP contribution < -0.4 is 14.4 Å². The number of aryl methyl sites for hydroxylation is 1. The maximum atomic E-state index is 13.2. The summed E-state index contributed by atoms with van der Waals surface area (Å²) >= 11 is 0. The summed E-state index contributed by atoms with van der Waals surface area (Å²) in [5.41, 5.74) is 3.20. The maximum Gasteiger partial charge on any atom is 0.408 e.